The molecular formula is C19H18N4O4S2. The summed E-state index contributed by atoms with van der Waals surface area (Å²) in [6.07, 6.45) is 0.699. The van der Waals surface area contributed by atoms with Crippen molar-refractivity contribution < 1.29 is 17.9 Å². The van der Waals surface area contributed by atoms with Gasteiger partial charge in [-0.1, -0.05) is 24.3 Å². The molecule has 2 aromatic carbocycles. The van der Waals surface area contributed by atoms with E-state index in [1.54, 1.807) is 23.1 Å². The number of fused-ring (bicyclic) bond motifs is 2. The van der Waals surface area contributed by atoms with Crippen molar-refractivity contribution in [2.75, 3.05) is 18.0 Å². The van der Waals surface area contributed by atoms with Gasteiger partial charge in [-0.3, -0.25) is 4.90 Å². The third-order valence-corrected chi connectivity index (χ3v) is 7.93. The molecule has 0 N–H and O–H groups in total. The number of piperidine rings is 1. The highest BCUT2D eigenvalue weighted by Crippen LogP contribution is 2.33. The Labute approximate surface area is 172 Å². The molecule has 1 aromatic heterocycles. The molecule has 1 saturated heterocycles. The van der Waals surface area contributed by atoms with E-state index in [1.807, 2.05) is 24.3 Å². The maximum atomic E-state index is 13.2. The standard InChI is InChI=1S/C19H18N4O4S2/c24-19-23(16-6-2-1-4-13(16)12-27-19)14-8-10-22(11-9-14)29(25,26)17-7-3-5-15-18(17)21-28-20-15/h1-7,14H,8-12H2. The Hall–Kier alpha value is -2.56. The molecule has 0 bridgehead atoms. The van der Waals surface area contributed by atoms with E-state index in [9.17, 15) is 13.2 Å². The number of ether oxygens (including phenoxy) is 1. The van der Waals surface area contributed by atoms with Gasteiger partial charge in [0.1, 0.15) is 22.5 Å². The van der Waals surface area contributed by atoms with Crippen molar-refractivity contribution in [3.63, 3.8) is 0 Å². The Morgan fingerprint density at radius 1 is 1.03 bits per heavy atom. The molecule has 8 nitrogen and oxygen atoms in total. The summed E-state index contributed by atoms with van der Waals surface area (Å²) >= 11 is 1.00. The minimum atomic E-state index is -3.68. The summed E-state index contributed by atoms with van der Waals surface area (Å²) in [6, 6.07) is 12.6. The van der Waals surface area contributed by atoms with Crippen LogP contribution in [0.5, 0.6) is 0 Å². The molecule has 2 aliphatic heterocycles. The lowest BCUT2D eigenvalue weighted by molar-refractivity contribution is 0.136. The van der Waals surface area contributed by atoms with Crippen molar-refractivity contribution in [1.82, 2.24) is 13.1 Å². The van der Waals surface area contributed by atoms with Crippen LogP contribution < -0.4 is 4.90 Å². The molecule has 29 heavy (non-hydrogen) atoms. The Bertz CT molecular complexity index is 1190. The molecule has 0 atom stereocenters. The number of rotatable bonds is 3. The molecule has 0 aliphatic carbocycles. The average Bonchev–Trinajstić information content (AvgIpc) is 3.22. The fourth-order valence-corrected chi connectivity index (χ4v) is 6.21. The Morgan fingerprint density at radius 2 is 1.83 bits per heavy atom. The molecule has 0 spiro atoms. The molecular weight excluding hydrogens is 412 g/mol. The SMILES string of the molecule is O=C1OCc2ccccc2N1C1CCN(S(=O)(=O)c2cccc3nsnc23)CC1. The van der Waals surface area contributed by atoms with Crippen LogP contribution in [0, 0.1) is 0 Å². The highest BCUT2D eigenvalue weighted by Gasteiger charge is 2.37. The summed E-state index contributed by atoms with van der Waals surface area (Å²) in [5.74, 6) is 0. The first kappa shape index (κ1) is 18.5. The minimum Gasteiger partial charge on any atom is -0.444 e. The lowest BCUT2D eigenvalue weighted by Crippen LogP contribution is -2.50. The third-order valence-electron chi connectivity index (χ3n) is 5.45. The Balaban J connectivity index is 1.38. The van der Waals surface area contributed by atoms with Crippen molar-refractivity contribution in [3.8, 4) is 0 Å². The van der Waals surface area contributed by atoms with Crippen LogP contribution in [-0.2, 0) is 21.4 Å². The van der Waals surface area contributed by atoms with Gasteiger partial charge in [-0.25, -0.2) is 13.2 Å². The quantitative estimate of drug-likeness (QED) is 0.634. The van der Waals surface area contributed by atoms with E-state index in [-0.39, 0.29) is 23.6 Å². The van der Waals surface area contributed by atoms with Crippen molar-refractivity contribution >= 4 is 44.6 Å². The largest absolute Gasteiger partial charge is 0.444 e. The smallest absolute Gasteiger partial charge is 0.414 e. The molecule has 1 amide bonds. The average molecular weight is 431 g/mol. The Morgan fingerprint density at radius 3 is 2.66 bits per heavy atom. The summed E-state index contributed by atoms with van der Waals surface area (Å²) < 4.78 is 41.5. The first-order chi connectivity index (χ1) is 14.1. The van der Waals surface area contributed by atoms with Crippen LogP contribution in [-0.4, -0.2) is 46.7 Å². The molecule has 0 saturated carbocycles. The van der Waals surface area contributed by atoms with Crippen LogP contribution in [0.2, 0.25) is 0 Å². The number of benzene rings is 2. The van der Waals surface area contributed by atoms with E-state index in [1.165, 1.54) is 4.31 Å². The van der Waals surface area contributed by atoms with Crippen LogP contribution in [0.1, 0.15) is 18.4 Å². The van der Waals surface area contributed by atoms with Gasteiger partial charge in [-0.15, -0.1) is 0 Å². The minimum absolute atomic E-state index is 0.105. The zero-order chi connectivity index (χ0) is 20.0. The number of nitrogens with zero attached hydrogens (tertiary/aromatic N) is 4. The fourth-order valence-electron chi connectivity index (χ4n) is 3.99. The van der Waals surface area contributed by atoms with Crippen LogP contribution in [0.4, 0.5) is 10.5 Å². The number of cyclic esters (lactones) is 1. The summed E-state index contributed by atoms with van der Waals surface area (Å²) in [6.45, 7) is 0.921. The summed E-state index contributed by atoms with van der Waals surface area (Å²) in [5.41, 5.74) is 2.81. The topological polar surface area (TPSA) is 92.7 Å². The number of carbonyl (C=O) groups is 1. The number of sulfonamides is 1. The molecule has 150 valence electrons. The van der Waals surface area contributed by atoms with Gasteiger partial charge in [-0.05, 0) is 31.0 Å². The van der Waals surface area contributed by atoms with Gasteiger partial charge in [0.2, 0.25) is 10.0 Å². The van der Waals surface area contributed by atoms with Crippen molar-refractivity contribution in [2.45, 2.75) is 30.4 Å². The predicted molar refractivity (Wildman–Crippen MR) is 108 cm³/mol. The molecule has 0 unspecified atom stereocenters. The molecule has 3 heterocycles. The number of hydrogen-bond acceptors (Lipinski definition) is 7. The number of anilines is 1. The van der Waals surface area contributed by atoms with Crippen molar-refractivity contribution in [2.24, 2.45) is 0 Å². The fraction of sp³-hybridized carbons (Fsp3) is 0.316. The van der Waals surface area contributed by atoms with E-state index >= 15 is 0 Å². The van der Waals surface area contributed by atoms with E-state index in [0.717, 1.165) is 23.0 Å². The van der Waals surface area contributed by atoms with Crippen molar-refractivity contribution in [1.29, 1.82) is 0 Å². The highest BCUT2D eigenvalue weighted by molar-refractivity contribution is 7.89. The highest BCUT2D eigenvalue weighted by atomic mass is 32.2. The lowest BCUT2D eigenvalue weighted by Gasteiger charge is -2.39. The second kappa shape index (κ2) is 7.05. The maximum absolute atomic E-state index is 13.2. The number of para-hydroxylation sites is 1. The summed E-state index contributed by atoms with van der Waals surface area (Å²) in [7, 11) is -3.68. The van der Waals surface area contributed by atoms with Gasteiger partial charge in [0.15, 0.2) is 0 Å². The van der Waals surface area contributed by atoms with Crippen LogP contribution in [0.15, 0.2) is 47.4 Å². The van der Waals surface area contributed by atoms with Crippen LogP contribution >= 0.6 is 11.7 Å². The third kappa shape index (κ3) is 3.07. The van der Waals surface area contributed by atoms with E-state index in [2.05, 4.69) is 8.75 Å². The van der Waals surface area contributed by atoms with E-state index < -0.39 is 10.0 Å². The van der Waals surface area contributed by atoms with Crippen molar-refractivity contribution in [3.05, 3.63) is 48.0 Å². The van der Waals surface area contributed by atoms with Gasteiger partial charge in [0, 0.05) is 24.7 Å². The number of aromatic nitrogens is 2. The molecule has 5 rings (SSSR count). The van der Waals surface area contributed by atoms with E-state index in [4.69, 9.17) is 4.74 Å². The van der Waals surface area contributed by atoms with E-state index in [0.29, 0.717) is 37.0 Å². The zero-order valence-electron chi connectivity index (χ0n) is 15.4. The lowest BCUT2D eigenvalue weighted by atomic mass is 10.0. The first-order valence-electron chi connectivity index (χ1n) is 9.31. The monoisotopic (exact) mass is 430 g/mol. The van der Waals surface area contributed by atoms with Gasteiger partial charge >= 0.3 is 6.09 Å². The van der Waals surface area contributed by atoms with Gasteiger partial charge in [0.05, 0.1) is 17.4 Å². The first-order valence-corrected chi connectivity index (χ1v) is 11.5. The van der Waals surface area contributed by atoms with Gasteiger partial charge < -0.3 is 4.74 Å². The molecule has 1 fully saturated rings. The molecule has 2 aliphatic rings. The summed E-state index contributed by atoms with van der Waals surface area (Å²) in [4.78, 5) is 14.3. The normalized spacial score (nSPS) is 18.6. The maximum Gasteiger partial charge on any atom is 0.414 e. The molecule has 3 aromatic rings. The number of amides is 1. The number of hydrogen-bond donors (Lipinski definition) is 0. The molecule has 10 heteroatoms. The molecule has 0 radical (unpaired) electrons. The number of carbonyl (C=O) groups excluding carboxylic acids is 1. The summed E-state index contributed by atoms with van der Waals surface area (Å²) in [5, 5.41) is 0. The second-order valence-corrected chi connectivity index (χ2v) is 9.51. The Kier molecular flexibility index (Phi) is 4.49. The van der Waals surface area contributed by atoms with Crippen LogP contribution in [0.25, 0.3) is 11.0 Å². The van der Waals surface area contributed by atoms with Gasteiger partial charge in [0.25, 0.3) is 0 Å². The predicted octanol–water partition coefficient (Wildman–Crippen LogP) is 3.00. The zero-order valence-corrected chi connectivity index (χ0v) is 17.0. The van der Waals surface area contributed by atoms with Gasteiger partial charge in [-0.2, -0.15) is 13.1 Å². The second-order valence-electron chi connectivity index (χ2n) is 7.08. The van der Waals surface area contributed by atoms with Crippen LogP contribution in [0.3, 0.4) is 0 Å².